The summed E-state index contributed by atoms with van der Waals surface area (Å²) in [5, 5.41) is 5.28. The molecular formula is C20H27N3O. The van der Waals surface area contributed by atoms with Gasteiger partial charge < -0.3 is 15.1 Å². The van der Waals surface area contributed by atoms with Crippen LogP contribution >= 0.6 is 0 Å². The maximum Gasteiger partial charge on any atom is 0.252 e. The standard InChI is InChI=1S/C20H27N3O/c1-16(10-11-23-14-12-22(2)13-15-23)21-20(24)19-9-5-7-17-6-3-4-8-18(17)19/h3-9,16H,10-15H2,1-2H3,(H,21,24)/t16-/m1/s1. The normalized spacial score (nSPS) is 17.8. The summed E-state index contributed by atoms with van der Waals surface area (Å²) in [4.78, 5) is 17.5. The monoisotopic (exact) mass is 325 g/mol. The highest BCUT2D eigenvalue weighted by Gasteiger charge is 2.16. The fraction of sp³-hybridized carbons (Fsp3) is 0.450. The molecule has 1 heterocycles. The molecule has 0 bridgehead atoms. The topological polar surface area (TPSA) is 35.6 Å². The van der Waals surface area contributed by atoms with Crippen LogP contribution in [0.5, 0.6) is 0 Å². The summed E-state index contributed by atoms with van der Waals surface area (Å²) in [5.41, 5.74) is 0.763. The molecule has 0 saturated carbocycles. The lowest BCUT2D eigenvalue weighted by atomic mass is 10.0. The molecule has 1 aliphatic heterocycles. The summed E-state index contributed by atoms with van der Waals surface area (Å²) in [6, 6.07) is 14.1. The number of hydrogen-bond donors (Lipinski definition) is 1. The average molecular weight is 325 g/mol. The smallest absolute Gasteiger partial charge is 0.252 e. The minimum atomic E-state index is 0.0256. The minimum Gasteiger partial charge on any atom is -0.350 e. The van der Waals surface area contributed by atoms with Gasteiger partial charge in [0.15, 0.2) is 0 Å². The van der Waals surface area contributed by atoms with Crippen molar-refractivity contribution in [3.05, 3.63) is 48.0 Å². The summed E-state index contributed by atoms with van der Waals surface area (Å²) >= 11 is 0. The number of nitrogens with one attached hydrogen (secondary N) is 1. The van der Waals surface area contributed by atoms with E-state index in [-0.39, 0.29) is 11.9 Å². The van der Waals surface area contributed by atoms with Gasteiger partial charge in [-0.25, -0.2) is 0 Å². The summed E-state index contributed by atoms with van der Waals surface area (Å²) in [6.45, 7) is 7.67. The van der Waals surface area contributed by atoms with Crippen LogP contribution in [0.4, 0.5) is 0 Å². The van der Waals surface area contributed by atoms with E-state index in [2.05, 4.69) is 29.1 Å². The number of carbonyl (C=O) groups excluding carboxylic acids is 1. The lowest BCUT2D eigenvalue weighted by Crippen LogP contribution is -2.46. The second kappa shape index (κ2) is 7.77. The summed E-state index contributed by atoms with van der Waals surface area (Å²) in [7, 11) is 2.17. The Kier molecular flexibility index (Phi) is 5.48. The van der Waals surface area contributed by atoms with E-state index in [4.69, 9.17) is 0 Å². The molecule has 3 rings (SSSR count). The Morgan fingerprint density at radius 1 is 1.08 bits per heavy atom. The van der Waals surface area contributed by atoms with Crippen molar-refractivity contribution in [3.8, 4) is 0 Å². The van der Waals surface area contributed by atoms with Crippen molar-refractivity contribution in [1.82, 2.24) is 15.1 Å². The first-order valence-corrected chi connectivity index (χ1v) is 8.83. The molecule has 0 radical (unpaired) electrons. The highest BCUT2D eigenvalue weighted by Crippen LogP contribution is 2.18. The number of rotatable bonds is 5. The van der Waals surface area contributed by atoms with Crippen LogP contribution in [-0.2, 0) is 0 Å². The SMILES string of the molecule is C[C@H](CCN1CCN(C)CC1)NC(=O)c1cccc2ccccc12. The third kappa shape index (κ3) is 4.13. The van der Waals surface area contributed by atoms with Crippen LogP contribution in [-0.4, -0.2) is 61.5 Å². The van der Waals surface area contributed by atoms with Crippen LogP contribution in [0.2, 0.25) is 0 Å². The molecule has 4 heteroatoms. The van der Waals surface area contributed by atoms with Gasteiger partial charge >= 0.3 is 0 Å². The molecule has 1 aliphatic rings. The molecule has 1 amide bonds. The van der Waals surface area contributed by atoms with E-state index in [1.165, 1.54) is 0 Å². The molecule has 0 unspecified atom stereocenters. The van der Waals surface area contributed by atoms with Crippen molar-refractivity contribution in [3.63, 3.8) is 0 Å². The van der Waals surface area contributed by atoms with Gasteiger partial charge in [-0.15, -0.1) is 0 Å². The van der Waals surface area contributed by atoms with Gasteiger partial charge in [0.25, 0.3) is 5.91 Å². The van der Waals surface area contributed by atoms with Crippen LogP contribution in [0.3, 0.4) is 0 Å². The van der Waals surface area contributed by atoms with E-state index in [0.717, 1.165) is 55.5 Å². The molecule has 0 aromatic heterocycles. The molecule has 1 atom stereocenters. The molecule has 1 saturated heterocycles. The van der Waals surface area contributed by atoms with E-state index in [1.54, 1.807) is 0 Å². The Balaban J connectivity index is 1.56. The van der Waals surface area contributed by atoms with Crippen LogP contribution in [0.25, 0.3) is 10.8 Å². The quantitative estimate of drug-likeness (QED) is 0.918. The maximum absolute atomic E-state index is 12.6. The summed E-state index contributed by atoms with van der Waals surface area (Å²) in [6.07, 6.45) is 0.986. The Morgan fingerprint density at radius 3 is 2.58 bits per heavy atom. The van der Waals surface area contributed by atoms with Gasteiger partial charge in [-0.1, -0.05) is 36.4 Å². The van der Waals surface area contributed by atoms with Crippen LogP contribution in [0.1, 0.15) is 23.7 Å². The Hall–Kier alpha value is -1.91. The van der Waals surface area contributed by atoms with Gasteiger partial charge in [-0.3, -0.25) is 4.79 Å². The van der Waals surface area contributed by atoms with Crippen molar-refractivity contribution in [2.24, 2.45) is 0 Å². The largest absolute Gasteiger partial charge is 0.350 e. The fourth-order valence-electron chi connectivity index (χ4n) is 3.24. The van der Waals surface area contributed by atoms with E-state index in [9.17, 15) is 4.79 Å². The van der Waals surface area contributed by atoms with E-state index < -0.39 is 0 Å². The predicted molar refractivity (Wildman–Crippen MR) is 99.4 cm³/mol. The van der Waals surface area contributed by atoms with Crippen molar-refractivity contribution < 1.29 is 4.79 Å². The molecule has 24 heavy (non-hydrogen) atoms. The molecule has 2 aromatic carbocycles. The molecule has 1 fully saturated rings. The molecule has 128 valence electrons. The van der Waals surface area contributed by atoms with Gasteiger partial charge in [0.2, 0.25) is 0 Å². The highest BCUT2D eigenvalue weighted by molar-refractivity contribution is 6.07. The molecule has 1 N–H and O–H groups in total. The number of carbonyl (C=O) groups is 1. The first-order chi connectivity index (χ1) is 11.6. The van der Waals surface area contributed by atoms with Crippen molar-refractivity contribution in [2.75, 3.05) is 39.8 Å². The van der Waals surface area contributed by atoms with Gasteiger partial charge in [0, 0.05) is 44.3 Å². The molecule has 0 spiro atoms. The number of piperazine rings is 1. The molecule has 2 aromatic rings. The average Bonchev–Trinajstić information content (AvgIpc) is 2.60. The second-order valence-electron chi connectivity index (χ2n) is 6.83. The number of likely N-dealkylation sites (N-methyl/N-ethyl adjacent to an activating group) is 1. The maximum atomic E-state index is 12.6. The van der Waals surface area contributed by atoms with Gasteiger partial charge in [-0.05, 0) is 37.2 Å². The third-order valence-electron chi connectivity index (χ3n) is 4.89. The fourth-order valence-corrected chi connectivity index (χ4v) is 3.24. The predicted octanol–water partition coefficient (Wildman–Crippen LogP) is 2.60. The van der Waals surface area contributed by atoms with Crippen molar-refractivity contribution in [1.29, 1.82) is 0 Å². The van der Waals surface area contributed by atoms with Crippen LogP contribution < -0.4 is 5.32 Å². The van der Waals surface area contributed by atoms with E-state index >= 15 is 0 Å². The molecular weight excluding hydrogens is 298 g/mol. The number of benzene rings is 2. The first-order valence-electron chi connectivity index (χ1n) is 8.83. The lowest BCUT2D eigenvalue weighted by molar-refractivity contribution is 0.0933. The summed E-state index contributed by atoms with van der Waals surface area (Å²) < 4.78 is 0. The van der Waals surface area contributed by atoms with Crippen molar-refractivity contribution >= 4 is 16.7 Å². The minimum absolute atomic E-state index is 0.0256. The zero-order chi connectivity index (χ0) is 16.9. The zero-order valence-corrected chi connectivity index (χ0v) is 14.7. The molecule has 0 aliphatic carbocycles. The van der Waals surface area contributed by atoms with Gasteiger partial charge in [0.1, 0.15) is 0 Å². The number of amides is 1. The zero-order valence-electron chi connectivity index (χ0n) is 14.7. The van der Waals surface area contributed by atoms with Gasteiger partial charge in [-0.2, -0.15) is 0 Å². The Bertz CT molecular complexity index is 687. The Morgan fingerprint density at radius 2 is 1.79 bits per heavy atom. The number of fused-ring (bicyclic) bond motifs is 1. The first kappa shape index (κ1) is 16.9. The molecule has 4 nitrogen and oxygen atoms in total. The highest BCUT2D eigenvalue weighted by atomic mass is 16.1. The third-order valence-corrected chi connectivity index (χ3v) is 4.89. The number of hydrogen-bond acceptors (Lipinski definition) is 3. The van der Waals surface area contributed by atoms with Crippen LogP contribution in [0.15, 0.2) is 42.5 Å². The lowest BCUT2D eigenvalue weighted by Gasteiger charge is -2.33. The van der Waals surface area contributed by atoms with Gasteiger partial charge in [0.05, 0.1) is 0 Å². The van der Waals surface area contributed by atoms with E-state index in [0.29, 0.717) is 0 Å². The van der Waals surface area contributed by atoms with Crippen LogP contribution in [0, 0.1) is 0 Å². The summed E-state index contributed by atoms with van der Waals surface area (Å²) in [5.74, 6) is 0.0256. The van der Waals surface area contributed by atoms with Crippen molar-refractivity contribution in [2.45, 2.75) is 19.4 Å². The number of nitrogens with zero attached hydrogens (tertiary/aromatic N) is 2. The Labute approximate surface area is 144 Å². The van der Waals surface area contributed by atoms with E-state index in [1.807, 2.05) is 42.5 Å². The second-order valence-corrected chi connectivity index (χ2v) is 6.83.